The second-order valence-corrected chi connectivity index (χ2v) is 8.43. The van der Waals surface area contributed by atoms with Crippen molar-refractivity contribution in [3.8, 4) is 0 Å². The molecule has 0 amide bonds. The molecular formula is C26H46O4. The summed E-state index contributed by atoms with van der Waals surface area (Å²) in [5.41, 5.74) is 0.571. The Morgan fingerprint density at radius 2 is 1.07 bits per heavy atom. The highest BCUT2D eigenvalue weighted by atomic mass is 16.5. The maximum Gasteiger partial charge on any atom is 0.337 e. The van der Waals surface area contributed by atoms with Crippen LogP contribution in [0.5, 0.6) is 0 Å². The lowest BCUT2D eigenvalue weighted by Gasteiger charge is -2.06. The van der Waals surface area contributed by atoms with Crippen LogP contribution in [0.4, 0.5) is 0 Å². The summed E-state index contributed by atoms with van der Waals surface area (Å²) in [7, 11) is 0. The standard InChI is InChI=1S/C26H46O4/c1-5-6-7-8-9-10-11-12-13-14-15-16-17-18-19-20-21-29-26(28)24(4)22-30-25(27)23(2)3/h22H,2,5-21H2,1,3-4H3. The Labute approximate surface area is 185 Å². The first-order valence-corrected chi connectivity index (χ1v) is 12.2. The van der Waals surface area contributed by atoms with Gasteiger partial charge in [-0.1, -0.05) is 110 Å². The average molecular weight is 423 g/mol. The van der Waals surface area contributed by atoms with Crippen molar-refractivity contribution >= 4 is 11.9 Å². The van der Waals surface area contributed by atoms with Gasteiger partial charge in [0.15, 0.2) is 0 Å². The zero-order valence-electron chi connectivity index (χ0n) is 19.9. The Hall–Kier alpha value is -1.58. The van der Waals surface area contributed by atoms with Crippen LogP contribution in [0.3, 0.4) is 0 Å². The molecule has 0 radical (unpaired) electrons. The van der Waals surface area contributed by atoms with E-state index in [1.165, 1.54) is 89.9 Å². The van der Waals surface area contributed by atoms with Crippen molar-refractivity contribution in [3.63, 3.8) is 0 Å². The minimum absolute atomic E-state index is 0.279. The van der Waals surface area contributed by atoms with Gasteiger partial charge >= 0.3 is 11.9 Å². The topological polar surface area (TPSA) is 52.6 Å². The van der Waals surface area contributed by atoms with Crippen molar-refractivity contribution < 1.29 is 19.1 Å². The van der Waals surface area contributed by atoms with Crippen molar-refractivity contribution in [1.29, 1.82) is 0 Å². The fourth-order valence-electron chi connectivity index (χ4n) is 3.22. The maximum absolute atomic E-state index is 11.8. The van der Waals surface area contributed by atoms with E-state index in [1.807, 2.05) is 0 Å². The van der Waals surface area contributed by atoms with E-state index in [2.05, 4.69) is 13.5 Å². The quantitative estimate of drug-likeness (QED) is 0.0868. The van der Waals surface area contributed by atoms with Gasteiger partial charge in [0.2, 0.25) is 0 Å². The molecule has 30 heavy (non-hydrogen) atoms. The number of hydrogen-bond acceptors (Lipinski definition) is 4. The zero-order valence-corrected chi connectivity index (χ0v) is 19.9. The van der Waals surface area contributed by atoms with Crippen LogP contribution in [0.25, 0.3) is 0 Å². The van der Waals surface area contributed by atoms with Crippen LogP contribution >= 0.6 is 0 Å². The Morgan fingerprint density at radius 3 is 1.47 bits per heavy atom. The van der Waals surface area contributed by atoms with Gasteiger partial charge in [0.1, 0.15) is 6.26 Å². The molecule has 0 fully saturated rings. The Morgan fingerprint density at radius 1 is 0.667 bits per heavy atom. The zero-order chi connectivity index (χ0) is 22.5. The van der Waals surface area contributed by atoms with Crippen molar-refractivity contribution in [2.24, 2.45) is 0 Å². The summed E-state index contributed by atoms with van der Waals surface area (Å²) in [6.45, 7) is 9.30. The van der Waals surface area contributed by atoms with Gasteiger partial charge in [-0.25, -0.2) is 9.59 Å². The van der Waals surface area contributed by atoms with Crippen LogP contribution in [0.1, 0.15) is 124 Å². The normalized spacial score (nSPS) is 11.4. The first kappa shape index (κ1) is 28.4. The molecule has 0 aliphatic carbocycles. The second kappa shape index (κ2) is 20.7. The summed E-state index contributed by atoms with van der Waals surface area (Å²) < 4.78 is 10.0. The SMILES string of the molecule is C=C(C)C(=O)OC=C(C)C(=O)OCCCCCCCCCCCCCCCCCC. The van der Waals surface area contributed by atoms with Gasteiger partial charge < -0.3 is 9.47 Å². The third-order valence-corrected chi connectivity index (χ3v) is 5.24. The molecule has 0 aliphatic rings. The van der Waals surface area contributed by atoms with Gasteiger partial charge in [-0.3, -0.25) is 0 Å². The molecular weight excluding hydrogens is 376 g/mol. The Kier molecular flexibility index (Phi) is 19.6. The minimum Gasteiger partial charge on any atom is -0.462 e. The number of esters is 2. The van der Waals surface area contributed by atoms with E-state index >= 15 is 0 Å². The third kappa shape index (κ3) is 18.4. The molecule has 4 heteroatoms. The number of hydrogen-bond donors (Lipinski definition) is 0. The molecule has 0 spiro atoms. The van der Waals surface area contributed by atoms with Crippen LogP contribution in [0.2, 0.25) is 0 Å². The van der Waals surface area contributed by atoms with E-state index in [1.54, 1.807) is 13.8 Å². The number of rotatable bonds is 20. The smallest absolute Gasteiger partial charge is 0.337 e. The number of carbonyl (C=O) groups is 2. The molecule has 0 unspecified atom stereocenters. The summed E-state index contributed by atoms with van der Waals surface area (Å²) >= 11 is 0. The van der Waals surface area contributed by atoms with Crippen molar-refractivity contribution in [2.45, 2.75) is 124 Å². The summed E-state index contributed by atoms with van der Waals surface area (Å²) in [6.07, 6.45) is 22.2. The molecule has 0 heterocycles. The summed E-state index contributed by atoms with van der Waals surface area (Å²) in [5.74, 6) is -0.981. The highest BCUT2D eigenvalue weighted by Gasteiger charge is 2.08. The summed E-state index contributed by atoms with van der Waals surface area (Å²) in [5, 5.41) is 0. The number of carbonyl (C=O) groups excluding carboxylic acids is 2. The highest BCUT2D eigenvalue weighted by Crippen LogP contribution is 2.13. The van der Waals surface area contributed by atoms with Crippen LogP contribution < -0.4 is 0 Å². The summed E-state index contributed by atoms with van der Waals surface area (Å²) in [4.78, 5) is 23.1. The largest absolute Gasteiger partial charge is 0.462 e. The molecule has 0 N–H and O–H groups in total. The van der Waals surface area contributed by atoms with Gasteiger partial charge in [-0.15, -0.1) is 0 Å². The predicted octanol–water partition coefficient (Wildman–Crippen LogP) is 7.81. The van der Waals surface area contributed by atoms with Gasteiger partial charge in [0, 0.05) is 5.57 Å². The molecule has 0 aliphatic heterocycles. The van der Waals surface area contributed by atoms with Crippen LogP contribution in [0.15, 0.2) is 24.0 Å². The van der Waals surface area contributed by atoms with Gasteiger partial charge in [0.05, 0.1) is 12.2 Å². The molecule has 4 nitrogen and oxygen atoms in total. The fourth-order valence-corrected chi connectivity index (χ4v) is 3.22. The molecule has 0 atom stereocenters. The van der Waals surface area contributed by atoms with Crippen LogP contribution in [-0.4, -0.2) is 18.5 Å². The van der Waals surface area contributed by atoms with Crippen molar-refractivity contribution in [3.05, 3.63) is 24.0 Å². The predicted molar refractivity (Wildman–Crippen MR) is 125 cm³/mol. The van der Waals surface area contributed by atoms with E-state index in [0.29, 0.717) is 12.2 Å². The molecule has 0 bridgehead atoms. The van der Waals surface area contributed by atoms with Gasteiger partial charge in [-0.2, -0.15) is 0 Å². The van der Waals surface area contributed by atoms with E-state index in [0.717, 1.165) is 19.1 Å². The van der Waals surface area contributed by atoms with E-state index in [-0.39, 0.29) is 5.57 Å². The lowest BCUT2D eigenvalue weighted by Crippen LogP contribution is -2.09. The van der Waals surface area contributed by atoms with Gasteiger partial charge in [-0.05, 0) is 20.3 Å². The third-order valence-electron chi connectivity index (χ3n) is 5.24. The second-order valence-electron chi connectivity index (χ2n) is 8.43. The Bertz CT molecular complexity index is 493. The molecule has 174 valence electrons. The first-order valence-electron chi connectivity index (χ1n) is 12.2. The maximum atomic E-state index is 11.8. The average Bonchev–Trinajstić information content (AvgIpc) is 2.73. The summed E-state index contributed by atoms with van der Waals surface area (Å²) in [6, 6.07) is 0. The number of unbranched alkanes of at least 4 members (excludes halogenated alkanes) is 15. The van der Waals surface area contributed by atoms with E-state index in [4.69, 9.17) is 9.47 Å². The van der Waals surface area contributed by atoms with Crippen molar-refractivity contribution in [1.82, 2.24) is 0 Å². The van der Waals surface area contributed by atoms with Gasteiger partial charge in [0.25, 0.3) is 0 Å². The van der Waals surface area contributed by atoms with Crippen LogP contribution in [0, 0.1) is 0 Å². The molecule has 0 saturated carbocycles. The van der Waals surface area contributed by atoms with E-state index in [9.17, 15) is 9.59 Å². The monoisotopic (exact) mass is 422 g/mol. The Balaban J connectivity index is 3.38. The molecule has 0 aromatic heterocycles. The highest BCUT2D eigenvalue weighted by molar-refractivity contribution is 5.90. The van der Waals surface area contributed by atoms with E-state index < -0.39 is 11.9 Å². The molecule has 0 aromatic carbocycles. The van der Waals surface area contributed by atoms with Crippen molar-refractivity contribution in [2.75, 3.05) is 6.61 Å². The van der Waals surface area contributed by atoms with Crippen LogP contribution in [-0.2, 0) is 19.1 Å². The molecule has 0 saturated heterocycles. The molecule has 0 aromatic rings. The first-order chi connectivity index (χ1) is 14.5. The lowest BCUT2D eigenvalue weighted by atomic mass is 10.0. The minimum atomic E-state index is -0.542. The number of ether oxygens (including phenoxy) is 2. The lowest BCUT2D eigenvalue weighted by molar-refractivity contribution is -0.139. The molecule has 0 rings (SSSR count). The fraction of sp³-hybridized carbons (Fsp3) is 0.769.